The van der Waals surface area contributed by atoms with E-state index in [-0.39, 0.29) is 12.4 Å². The minimum atomic E-state index is -5.71. The normalized spacial score (nSPS) is 26.2. The lowest BCUT2D eigenvalue weighted by Gasteiger charge is -2.25. The molecule has 26 heteroatoms. The van der Waals surface area contributed by atoms with Gasteiger partial charge in [-0.05, 0) is 6.07 Å². The van der Waals surface area contributed by atoms with Crippen molar-refractivity contribution in [2.45, 2.75) is 24.5 Å². The first-order valence-electron chi connectivity index (χ1n) is 10.4. The maximum atomic E-state index is 11.8. The van der Waals surface area contributed by atoms with E-state index in [1.165, 1.54) is 6.07 Å². The van der Waals surface area contributed by atoms with E-state index in [0.717, 1.165) is 10.8 Å². The first-order valence-corrected chi connectivity index (χ1v) is 16.5. The fraction of sp³-hybridized carbons (Fsp3) is 0.714. The molecule has 234 valence electrons. The van der Waals surface area contributed by atoms with Gasteiger partial charge in [-0.15, -0.1) is 0 Å². The van der Waals surface area contributed by atoms with Crippen molar-refractivity contribution in [1.82, 2.24) is 9.55 Å². The quantitative estimate of drug-likeness (QED) is 0.0811. The molecule has 1 aromatic heterocycles. The van der Waals surface area contributed by atoms with E-state index in [2.05, 4.69) is 22.7 Å². The van der Waals surface area contributed by atoms with Crippen LogP contribution in [0.5, 0.6) is 0 Å². The SMILES string of the molecule is C[N+](C)(C)CCOP(=O)([O-])O.Nc1ccn([C@@H]2O[C@H](COP(=O)(O)OP(=O)(O)OP(=O)(O)O)[C@@H](O)[C@H]2O)c(=O)n1. The van der Waals surface area contributed by atoms with Gasteiger partial charge in [0.25, 0.3) is 7.82 Å². The van der Waals surface area contributed by atoms with Crippen molar-refractivity contribution < 1.29 is 84.7 Å². The molecule has 2 rings (SSSR count). The molecule has 9 N–H and O–H groups in total. The van der Waals surface area contributed by atoms with Gasteiger partial charge in [-0.25, -0.2) is 18.5 Å². The summed E-state index contributed by atoms with van der Waals surface area (Å²) in [5.41, 5.74) is 4.39. The lowest BCUT2D eigenvalue weighted by Crippen LogP contribution is -2.37. The molecule has 40 heavy (non-hydrogen) atoms. The third-order valence-corrected chi connectivity index (χ3v) is 8.61. The minimum absolute atomic E-state index is 0.0147. The van der Waals surface area contributed by atoms with Crippen LogP contribution in [0.1, 0.15) is 6.23 Å². The topological polar surface area (TPSA) is 340 Å². The van der Waals surface area contributed by atoms with Crippen LogP contribution < -0.4 is 16.3 Å². The first-order chi connectivity index (χ1) is 17.8. The van der Waals surface area contributed by atoms with Gasteiger partial charge in [0.2, 0.25) is 0 Å². The number of nitrogens with two attached hydrogens (primary N) is 1. The molecule has 1 aromatic rings. The van der Waals surface area contributed by atoms with Crippen molar-refractivity contribution in [3.63, 3.8) is 0 Å². The maximum Gasteiger partial charge on any atom is 0.490 e. The van der Waals surface area contributed by atoms with Gasteiger partial charge in [-0.3, -0.25) is 13.7 Å². The van der Waals surface area contributed by atoms with E-state index in [9.17, 15) is 43.1 Å². The largest absolute Gasteiger partial charge is 0.756 e. The van der Waals surface area contributed by atoms with Gasteiger partial charge in [0.1, 0.15) is 37.3 Å². The average molecular weight is 666 g/mol. The molecular formula is C14H30N4O18P4. The number of phosphoric ester groups is 2. The van der Waals surface area contributed by atoms with Gasteiger partial charge >= 0.3 is 29.2 Å². The Morgan fingerprint density at radius 2 is 1.60 bits per heavy atom. The Morgan fingerprint density at radius 3 is 2.08 bits per heavy atom. The number of rotatable bonds is 12. The van der Waals surface area contributed by atoms with Gasteiger partial charge in [0.05, 0.1) is 27.7 Å². The summed E-state index contributed by atoms with van der Waals surface area (Å²) in [7, 11) is -15.5. The molecule has 0 bridgehead atoms. The highest BCUT2D eigenvalue weighted by molar-refractivity contribution is 7.66. The summed E-state index contributed by atoms with van der Waals surface area (Å²) in [6.45, 7) is -0.469. The number of aromatic nitrogens is 2. The van der Waals surface area contributed by atoms with Gasteiger partial charge in [0.15, 0.2) is 6.23 Å². The second-order valence-corrected chi connectivity index (χ2v) is 14.4. The molecule has 1 fully saturated rings. The highest BCUT2D eigenvalue weighted by Gasteiger charge is 2.46. The Hall–Kier alpha value is -0.960. The van der Waals surface area contributed by atoms with Crippen LogP contribution in [0.2, 0.25) is 0 Å². The average Bonchev–Trinajstić information content (AvgIpc) is 2.96. The fourth-order valence-electron chi connectivity index (χ4n) is 2.62. The number of nitrogens with zero attached hydrogens (tertiary/aromatic N) is 3. The third kappa shape index (κ3) is 14.3. The Morgan fingerprint density at radius 1 is 1.02 bits per heavy atom. The van der Waals surface area contributed by atoms with Crippen LogP contribution in [0, 0.1) is 0 Å². The Kier molecular flexibility index (Phi) is 13.0. The minimum Gasteiger partial charge on any atom is -0.756 e. The predicted molar refractivity (Wildman–Crippen MR) is 127 cm³/mol. The van der Waals surface area contributed by atoms with Crippen LogP contribution in [0.25, 0.3) is 0 Å². The van der Waals surface area contributed by atoms with E-state index in [0.29, 0.717) is 11.0 Å². The molecule has 0 spiro atoms. The molecule has 0 radical (unpaired) electrons. The summed E-state index contributed by atoms with van der Waals surface area (Å²) < 4.78 is 65.6. The monoisotopic (exact) mass is 666 g/mol. The van der Waals surface area contributed by atoms with E-state index in [1.807, 2.05) is 21.1 Å². The van der Waals surface area contributed by atoms with Crippen molar-refractivity contribution >= 4 is 37.1 Å². The fourth-order valence-corrected chi connectivity index (χ4v) is 5.96. The first kappa shape index (κ1) is 37.1. The van der Waals surface area contributed by atoms with Crippen LogP contribution in [0.3, 0.4) is 0 Å². The lowest BCUT2D eigenvalue weighted by molar-refractivity contribution is -0.870. The molecule has 1 saturated heterocycles. The van der Waals surface area contributed by atoms with E-state index >= 15 is 0 Å². The predicted octanol–water partition coefficient (Wildman–Crippen LogP) is -3.04. The second-order valence-electron chi connectivity index (χ2n) is 8.79. The van der Waals surface area contributed by atoms with Crippen molar-refractivity contribution in [2.75, 3.05) is 46.6 Å². The highest BCUT2D eigenvalue weighted by Crippen LogP contribution is 2.66. The number of quaternary nitrogens is 1. The van der Waals surface area contributed by atoms with Crippen LogP contribution >= 0.6 is 31.3 Å². The highest BCUT2D eigenvalue weighted by atomic mass is 31.3. The maximum absolute atomic E-state index is 11.8. The number of aliphatic hydroxyl groups is 2. The zero-order valence-electron chi connectivity index (χ0n) is 20.9. The molecule has 7 atom stereocenters. The third-order valence-electron chi connectivity index (χ3n) is 4.30. The van der Waals surface area contributed by atoms with Crippen molar-refractivity contribution in [2.24, 2.45) is 0 Å². The molecule has 1 aliphatic heterocycles. The Labute approximate surface area is 225 Å². The van der Waals surface area contributed by atoms with Gasteiger partial charge in [-0.2, -0.15) is 13.6 Å². The second kappa shape index (κ2) is 14.0. The summed E-state index contributed by atoms with van der Waals surface area (Å²) in [5, 5.41) is 20.0. The zero-order chi connectivity index (χ0) is 31.3. The smallest absolute Gasteiger partial charge is 0.490 e. The molecule has 3 unspecified atom stereocenters. The van der Waals surface area contributed by atoms with E-state index in [4.69, 9.17) is 30.0 Å². The van der Waals surface area contributed by atoms with Crippen molar-refractivity contribution in [1.29, 1.82) is 0 Å². The summed E-state index contributed by atoms with van der Waals surface area (Å²) in [6, 6.07) is 1.20. The molecule has 2 heterocycles. The number of nitrogen functional groups attached to an aromatic ring is 1. The number of aliphatic hydroxyl groups excluding tert-OH is 2. The molecule has 0 amide bonds. The number of hydrogen-bond donors (Lipinski definition) is 8. The zero-order valence-corrected chi connectivity index (χ0v) is 24.5. The van der Waals surface area contributed by atoms with Crippen LogP contribution in [0.4, 0.5) is 5.82 Å². The standard InChI is InChI=1S/C9H16N3O14P3.C5H14NO4P/c10-5-1-2-12(9(15)11-5)8-7(14)6(13)4(24-8)3-23-28(19,20)26-29(21,22)25-27(16,17)18;1-6(2,3)4-5-10-11(7,8)9/h1-2,4,6-8,13-14H,3H2,(H,19,20)(H,21,22)(H2,10,11,15)(H2,16,17,18);4-5H2,1-3H3,(H-,7,8,9)/t4-,6-,7-,8-;/m1./s1. The van der Waals surface area contributed by atoms with Gasteiger partial charge in [-0.1, -0.05) is 0 Å². The van der Waals surface area contributed by atoms with Crippen LogP contribution in [-0.4, -0.2) is 108 Å². The summed E-state index contributed by atoms with van der Waals surface area (Å²) in [5.74, 6) is -0.122. The van der Waals surface area contributed by atoms with Gasteiger partial charge in [0, 0.05) is 6.20 Å². The van der Waals surface area contributed by atoms with E-state index < -0.39 is 68.1 Å². The van der Waals surface area contributed by atoms with Crippen LogP contribution in [0.15, 0.2) is 17.1 Å². The number of likely N-dealkylation sites (N-methyl/N-ethyl adjacent to an activating group) is 1. The van der Waals surface area contributed by atoms with E-state index in [1.54, 1.807) is 0 Å². The van der Waals surface area contributed by atoms with Crippen LogP contribution in [-0.2, 0) is 40.7 Å². The Balaban J connectivity index is 0.000000614. The molecular weight excluding hydrogens is 636 g/mol. The Bertz CT molecular complexity index is 1240. The van der Waals surface area contributed by atoms with Crippen molar-refractivity contribution in [3.05, 3.63) is 22.7 Å². The number of anilines is 1. The molecule has 0 saturated carbocycles. The molecule has 1 aliphatic rings. The number of ether oxygens (including phenoxy) is 1. The number of phosphoric acid groups is 4. The molecule has 0 aliphatic carbocycles. The summed E-state index contributed by atoms with van der Waals surface area (Å²) in [4.78, 5) is 68.8. The van der Waals surface area contributed by atoms with Crippen molar-refractivity contribution in [3.8, 4) is 0 Å². The number of hydrogen-bond acceptors (Lipinski definition) is 15. The summed E-state index contributed by atoms with van der Waals surface area (Å²) in [6.07, 6.45) is -5.38. The molecule has 0 aromatic carbocycles. The lowest BCUT2D eigenvalue weighted by atomic mass is 10.1. The summed E-state index contributed by atoms with van der Waals surface area (Å²) >= 11 is 0. The molecule has 22 nitrogen and oxygen atoms in total. The van der Waals surface area contributed by atoms with Gasteiger partial charge < -0.3 is 59.1 Å².